The number of aryl methyl sites for hydroxylation is 2. The molecule has 1 saturated heterocycles. The van der Waals surface area contributed by atoms with Crippen molar-refractivity contribution in [3.05, 3.63) is 53.0 Å². The molecular weight excluding hydrogens is 288 g/mol. The average molecular weight is 310 g/mol. The fourth-order valence-electron chi connectivity index (χ4n) is 2.87. The quantitative estimate of drug-likeness (QED) is 0.943. The Bertz CT molecular complexity index is 708. The van der Waals surface area contributed by atoms with Crippen molar-refractivity contribution < 1.29 is 4.79 Å². The lowest BCUT2D eigenvalue weighted by Gasteiger charge is -2.17. The summed E-state index contributed by atoms with van der Waals surface area (Å²) in [6, 6.07) is 9.91. The van der Waals surface area contributed by atoms with Crippen LogP contribution >= 0.6 is 0 Å². The number of anilines is 1. The van der Waals surface area contributed by atoms with E-state index in [9.17, 15) is 4.79 Å². The lowest BCUT2D eigenvalue weighted by Crippen LogP contribution is -2.26. The first kappa shape index (κ1) is 15.5. The number of nitrogens with zero attached hydrogens (tertiary/aromatic N) is 3. The lowest BCUT2D eigenvalue weighted by atomic mass is 10.1. The van der Waals surface area contributed by atoms with Crippen LogP contribution in [0, 0.1) is 13.8 Å². The molecule has 5 heteroatoms. The van der Waals surface area contributed by atoms with Crippen LogP contribution in [-0.2, 0) is 6.54 Å². The Morgan fingerprint density at radius 3 is 2.70 bits per heavy atom. The Morgan fingerprint density at radius 2 is 1.96 bits per heavy atom. The monoisotopic (exact) mass is 310 g/mol. The predicted molar refractivity (Wildman–Crippen MR) is 90.6 cm³/mol. The number of carbonyl (C=O) groups is 1. The van der Waals surface area contributed by atoms with Crippen LogP contribution in [0.2, 0.25) is 0 Å². The highest BCUT2D eigenvalue weighted by Gasteiger charge is 2.17. The maximum absolute atomic E-state index is 12.4. The highest BCUT2D eigenvalue weighted by molar-refractivity contribution is 5.92. The molecule has 0 atom stereocenters. The molecule has 2 heterocycles. The van der Waals surface area contributed by atoms with Crippen LogP contribution in [0.25, 0.3) is 0 Å². The summed E-state index contributed by atoms with van der Waals surface area (Å²) in [5.74, 6) is 1.34. The first-order chi connectivity index (χ1) is 11.1. The molecule has 1 aromatic carbocycles. The van der Waals surface area contributed by atoms with Gasteiger partial charge in [-0.15, -0.1) is 0 Å². The van der Waals surface area contributed by atoms with E-state index in [2.05, 4.69) is 26.3 Å². The van der Waals surface area contributed by atoms with Gasteiger partial charge in [0.05, 0.1) is 0 Å². The van der Waals surface area contributed by atoms with Crippen molar-refractivity contribution in [2.75, 3.05) is 18.0 Å². The summed E-state index contributed by atoms with van der Waals surface area (Å²) in [5, 5.41) is 2.94. The normalized spacial score (nSPS) is 14.1. The molecule has 1 aliphatic heterocycles. The molecule has 5 nitrogen and oxygen atoms in total. The maximum atomic E-state index is 12.4. The van der Waals surface area contributed by atoms with Gasteiger partial charge >= 0.3 is 0 Å². The van der Waals surface area contributed by atoms with Gasteiger partial charge in [0.25, 0.3) is 5.91 Å². The Kier molecular flexibility index (Phi) is 4.55. The van der Waals surface area contributed by atoms with Gasteiger partial charge in [-0.05, 0) is 32.3 Å². The maximum Gasteiger partial charge on any atom is 0.270 e. The Labute approximate surface area is 136 Å². The number of nitrogens with one attached hydrogen (secondary N) is 1. The number of benzene rings is 1. The molecule has 1 aliphatic rings. The molecule has 0 spiro atoms. The third kappa shape index (κ3) is 3.86. The topological polar surface area (TPSA) is 58.1 Å². The highest BCUT2D eigenvalue weighted by atomic mass is 16.1. The van der Waals surface area contributed by atoms with Crippen molar-refractivity contribution in [1.82, 2.24) is 15.3 Å². The first-order valence-corrected chi connectivity index (χ1v) is 8.06. The number of rotatable bonds is 4. The van der Waals surface area contributed by atoms with E-state index in [1.54, 1.807) is 6.07 Å². The molecule has 0 saturated carbocycles. The smallest absolute Gasteiger partial charge is 0.270 e. The standard InChI is InChI=1S/C18H22N4O/c1-13-6-5-7-15(10-13)12-19-18(23)16-11-17(21-14(2)20-16)22-8-3-4-9-22/h5-7,10-11H,3-4,8-9,12H2,1-2H3,(H,19,23). The number of hydrogen-bond acceptors (Lipinski definition) is 4. The van der Waals surface area contributed by atoms with Crippen molar-refractivity contribution in [3.8, 4) is 0 Å². The van der Waals surface area contributed by atoms with Crippen LogP contribution in [0.15, 0.2) is 30.3 Å². The second-order valence-electron chi connectivity index (χ2n) is 6.02. The van der Waals surface area contributed by atoms with Gasteiger partial charge < -0.3 is 10.2 Å². The molecule has 0 bridgehead atoms. The Morgan fingerprint density at radius 1 is 1.17 bits per heavy atom. The van der Waals surface area contributed by atoms with Crippen LogP contribution in [0.5, 0.6) is 0 Å². The average Bonchev–Trinajstić information content (AvgIpc) is 3.06. The Hall–Kier alpha value is -2.43. The summed E-state index contributed by atoms with van der Waals surface area (Å²) in [4.78, 5) is 23.4. The van der Waals surface area contributed by atoms with Crippen LogP contribution in [0.4, 0.5) is 5.82 Å². The van der Waals surface area contributed by atoms with Crippen LogP contribution in [0.1, 0.15) is 40.3 Å². The molecule has 120 valence electrons. The molecule has 1 amide bonds. The minimum absolute atomic E-state index is 0.155. The third-order valence-electron chi connectivity index (χ3n) is 4.02. The minimum atomic E-state index is -0.155. The van der Waals surface area contributed by atoms with Gasteiger partial charge in [-0.1, -0.05) is 29.8 Å². The zero-order valence-electron chi connectivity index (χ0n) is 13.7. The van der Waals surface area contributed by atoms with E-state index >= 15 is 0 Å². The van der Waals surface area contributed by atoms with Crippen LogP contribution in [-0.4, -0.2) is 29.0 Å². The Balaban J connectivity index is 1.71. The minimum Gasteiger partial charge on any atom is -0.356 e. The van der Waals surface area contributed by atoms with Gasteiger partial charge in [0, 0.05) is 25.7 Å². The molecule has 23 heavy (non-hydrogen) atoms. The molecule has 3 rings (SSSR count). The van der Waals surface area contributed by atoms with E-state index in [4.69, 9.17) is 0 Å². The second-order valence-corrected chi connectivity index (χ2v) is 6.02. The zero-order valence-corrected chi connectivity index (χ0v) is 13.7. The van der Waals surface area contributed by atoms with Crippen molar-refractivity contribution in [2.45, 2.75) is 33.2 Å². The van der Waals surface area contributed by atoms with Gasteiger partial charge in [0.1, 0.15) is 17.3 Å². The molecule has 1 N–H and O–H groups in total. The fraction of sp³-hybridized carbons (Fsp3) is 0.389. The third-order valence-corrected chi connectivity index (χ3v) is 4.02. The van der Waals surface area contributed by atoms with E-state index in [1.165, 1.54) is 18.4 Å². The number of carbonyl (C=O) groups excluding carboxylic acids is 1. The van der Waals surface area contributed by atoms with Crippen LogP contribution in [0.3, 0.4) is 0 Å². The number of aromatic nitrogens is 2. The van der Waals surface area contributed by atoms with E-state index in [0.717, 1.165) is 24.5 Å². The van der Waals surface area contributed by atoms with Crippen molar-refractivity contribution in [3.63, 3.8) is 0 Å². The van der Waals surface area contributed by atoms with Gasteiger partial charge in [-0.25, -0.2) is 9.97 Å². The molecule has 2 aromatic rings. The van der Waals surface area contributed by atoms with Gasteiger partial charge in [0.15, 0.2) is 0 Å². The second kappa shape index (κ2) is 6.77. The van der Waals surface area contributed by atoms with E-state index in [0.29, 0.717) is 18.1 Å². The molecule has 1 fully saturated rings. The number of amides is 1. The molecule has 0 radical (unpaired) electrons. The molecule has 0 aliphatic carbocycles. The summed E-state index contributed by atoms with van der Waals surface area (Å²) in [7, 11) is 0. The highest BCUT2D eigenvalue weighted by Crippen LogP contribution is 2.18. The zero-order chi connectivity index (χ0) is 16.2. The molecule has 1 aromatic heterocycles. The number of hydrogen-bond donors (Lipinski definition) is 1. The van der Waals surface area contributed by atoms with Crippen molar-refractivity contribution >= 4 is 11.7 Å². The summed E-state index contributed by atoms with van der Waals surface area (Å²) in [5.41, 5.74) is 2.71. The van der Waals surface area contributed by atoms with Gasteiger partial charge in [-0.3, -0.25) is 4.79 Å². The van der Waals surface area contributed by atoms with Gasteiger partial charge in [-0.2, -0.15) is 0 Å². The summed E-state index contributed by atoms with van der Waals surface area (Å²) in [6.45, 7) is 6.38. The van der Waals surface area contributed by atoms with E-state index in [1.807, 2.05) is 32.0 Å². The lowest BCUT2D eigenvalue weighted by molar-refractivity contribution is 0.0945. The van der Waals surface area contributed by atoms with Crippen LogP contribution < -0.4 is 10.2 Å². The molecule has 0 unspecified atom stereocenters. The predicted octanol–water partition coefficient (Wildman–Crippen LogP) is 2.62. The van der Waals surface area contributed by atoms with Gasteiger partial charge in [0.2, 0.25) is 0 Å². The summed E-state index contributed by atoms with van der Waals surface area (Å²) in [6.07, 6.45) is 2.36. The molecular formula is C18H22N4O. The summed E-state index contributed by atoms with van der Waals surface area (Å²) < 4.78 is 0. The van der Waals surface area contributed by atoms with Crippen molar-refractivity contribution in [2.24, 2.45) is 0 Å². The largest absolute Gasteiger partial charge is 0.356 e. The van der Waals surface area contributed by atoms with Crippen molar-refractivity contribution in [1.29, 1.82) is 0 Å². The SMILES string of the molecule is Cc1cccc(CNC(=O)c2cc(N3CCCC3)nc(C)n2)c1. The first-order valence-electron chi connectivity index (χ1n) is 8.06. The summed E-state index contributed by atoms with van der Waals surface area (Å²) >= 11 is 0. The van der Waals surface area contributed by atoms with E-state index < -0.39 is 0 Å². The fourth-order valence-corrected chi connectivity index (χ4v) is 2.87. The van der Waals surface area contributed by atoms with E-state index in [-0.39, 0.29) is 5.91 Å².